The van der Waals surface area contributed by atoms with Gasteiger partial charge in [0.2, 0.25) is 0 Å². The molecule has 0 amide bonds. The molecule has 0 aromatic heterocycles. The van der Waals surface area contributed by atoms with E-state index in [0.29, 0.717) is 6.42 Å². The van der Waals surface area contributed by atoms with Gasteiger partial charge in [-0.2, -0.15) is 5.10 Å². The first kappa shape index (κ1) is 6.18. The zero-order valence-electron chi connectivity index (χ0n) is 5.27. The number of fused-ring (bicyclic) bond motifs is 1. The van der Waals surface area contributed by atoms with Gasteiger partial charge in [-0.15, -0.1) is 0 Å². The Morgan fingerprint density at radius 3 is 3.60 bits per heavy atom. The van der Waals surface area contributed by atoms with Crippen molar-refractivity contribution in [2.24, 2.45) is 10.1 Å². The van der Waals surface area contributed by atoms with Crippen LogP contribution in [-0.4, -0.2) is 33.6 Å². The lowest BCUT2D eigenvalue weighted by molar-refractivity contribution is 0.152. The van der Waals surface area contributed by atoms with Crippen LogP contribution >= 0.6 is 11.8 Å². The molecule has 0 bridgehead atoms. The molecule has 0 saturated carbocycles. The third-order valence-electron chi connectivity index (χ3n) is 1.42. The van der Waals surface area contributed by atoms with Gasteiger partial charge in [0.05, 0.1) is 5.55 Å². The highest BCUT2D eigenvalue weighted by atomic mass is 32.2. The summed E-state index contributed by atoms with van der Waals surface area (Å²) in [5, 5.41) is 15.7. The number of hydrogen-bond acceptors (Lipinski definition) is 5. The van der Waals surface area contributed by atoms with Crippen LogP contribution < -0.4 is 0 Å². The van der Waals surface area contributed by atoms with Gasteiger partial charge in [0.1, 0.15) is 6.23 Å². The van der Waals surface area contributed by atoms with E-state index in [1.165, 1.54) is 11.8 Å². The van der Waals surface area contributed by atoms with Gasteiger partial charge in [0.25, 0.3) is 0 Å². The number of hydrazone groups is 1. The van der Waals surface area contributed by atoms with Crippen molar-refractivity contribution < 1.29 is 5.11 Å². The van der Waals surface area contributed by atoms with Crippen LogP contribution in [0, 0.1) is 0 Å². The van der Waals surface area contributed by atoms with Gasteiger partial charge in [0.15, 0.2) is 5.17 Å². The maximum absolute atomic E-state index is 9.07. The minimum Gasteiger partial charge on any atom is -0.372 e. The fourth-order valence-corrected chi connectivity index (χ4v) is 1.62. The number of rotatable bonds is 0. The summed E-state index contributed by atoms with van der Waals surface area (Å²) in [4.78, 5) is 3.98. The molecule has 0 saturated heterocycles. The molecule has 4 nitrogen and oxygen atoms in total. The van der Waals surface area contributed by atoms with Gasteiger partial charge in [-0.05, 0) is 11.8 Å². The van der Waals surface area contributed by atoms with Crippen molar-refractivity contribution in [3.05, 3.63) is 0 Å². The van der Waals surface area contributed by atoms with Crippen molar-refractivity contribution in [2.45, 2.75) is 12.6 Å². The Hall–Kier alpha value is -0.550. The van der Waals surface area contributed by atoms with E-state index in [2.05, 4.69) is 10.1 Å². The van der Waals surface area contributed by atoms with Gasteiger partial charge < -0.3 is 5.11 Å². The second-order valence-electron chi connectivity index (χ2n) is 2.14. The maximum Gasteiger partial charge on any atom is 0.188 e. The molecule has 0 radical (unpaired) electrons. The Kier molecular flexibility index (Phi) is 1.39. The lowest BCUT2D eigenvalue weighted by Gasteiger charge is -2.20. The second-order valence-corrected chi connectivity index (χ2v) is 2.95. The third kappa shape index (κ3) is 0.911. The van der Waals surface area contributed by atoms with Crippen molar-refractivity contribution in [1.29, 1.82) is 0 Å². The van der Waals surface area contributed by atoms with Crippen LogP contribution in [0.5, 0.6) is 0 Å². The number of thioether (sulfide) groups is 1. The highest BCUT2D eigenvalue weighted by Crippen LogP contribution is 2.20. The zero-order valence-corrected chi connectivity index (χ0v) is 6.08. The van der Waals surface area contributed by atoms with E-state index >= 15 is 0 Å². The highest BCUT2D eigenvalue weighted by Gasteiger charge is 2.22. The maximum atomic E-state index is 9.07. The van der Waals surface area contributed by atoms with Crippen LogP contribution in [0.3, 0.4) is 0 Å². The molecule has 2 heterocycles. The summed E-state index contributed by atoms with van der Waals surface area (Å²) in [7, 11) is 0. The molecule has 0 aromatic carbocycles. The first-order valence-corrected chi connectivity index (χ1v) is 3.97. The Bertz CT molecular complexity index is 203. The molecule has 0 fully saturated rings. The lowest BCUT2D eigenvalue weighted by Crippen LogP contribution is -2.30. The molecule has 5 heteroatoms. The predicted octanol–water partition coefficient (Wildman–Crippen LogP) is 0.0566. The molecular weight excluding hydrogens is 150 g/mol. The Morgan fingerprint density at radius 2 is 2.70 bits per heavy atom. The number of hydrogen-bond donors (Lipinski definition) is 1. The Balaban J connectivity index is 2.21. The third-order valence-corrected chi connectivity index (χ3v) is 2.15. The van der Waals surface area contributed by atoms with Crippen molar-refractivity contribution in [3.8, 4) is 0 Å². The molecular formula is C5H7N3OS. The molecule has 1 N–H and O–H groups in total. The SMILES string of the molecule is OC1CCN2N=CSC2=N1. The molecule has 10 heavy (non-hydrogen) atoms. The quantitative estimate of drug-likeness (QED) is 0.540. The normalized spacial score (nSPS) is 30.3. The lowest BCUT2D eigenvalue weighted by atomic mass is 10.3. The van der Waals surface area contributed by atoms with Crippen LogP contribution in [-0.2, 0) is 0 Å². The van der Waals surface area contributed by atoms with Crippen molar-refractivity contribution in [1.82, 2.24) is 5.01 Å². The summed E-state index contributed by atoms with van der Waals surface area (Å²) >= 11 is 1.45. The van der Waals surface area contributed by atoms with E-state index in [0.717, 1.165) is 11.7 Å². The fraction of sp³-hybridized carbons (Fsp3) is 0.600. The molecule has 2 aliphatic heterocycles. The first-order valence-electron chi connectivity index (χ1n) is 3.09. The number of nitrogens with zero attached hydrogens (tertiary/aromatic N) is 3. The second kappa shape index (κ2) is 2.25. The molecule has 1 unspecified atom stereocenters. The number of aliphatic hydroxyl groups excluding tert-OH is 1. The summed E-state index contributed by atoms with van der Waals surface area (Å²) in [6, 6.07) is 0. The van der Waals surface area contributed by atoms with E-state index in [1.54, 1.807) is 10.6 Å². The first-order chi connectivity index (χ1) is 4.86. The van der Waals surface area contributed by atoms with Gasteiger partial charge in [0, 0.05) is 13.0 Å². The Morgan fingerprint density at radius 1 is 1.80 bits per heavy atom. The van der Waals surface area contributed by atoms with Crippen LogP contribution in [0.25, 0.3) is 0 Å². The minimum absolute atomic E-state index is 0.513. The summed E-state index contributed by atoms with van der Waals surface area (Å²) in [5.41, 5.74) is 1.73. The monoisotopic (exact) mass is 157 g/mol. The smallest absolute Gasteiger partial charge is 0.188 e. The van der Waals surface area contributed by atoms with E-state index in [9.17, 15) is 0 Å². The van der Waals surface area contributed by atoms with Crippen LogP contribution in [0.2, 0.25) is 0 Å². The molecule has 2 aliphatic rings. The highest BCUT2D eigenvalue weighted by molar-refractivity contribution is 8.25. The zero-order chi connectivity index (χ0) is 6.97. The largest absolute Gasteiger partial charge is 0.372 e. The van der Waals surface area contributed by atoms with Crippen LogP contribution in [0.4, 0.5) is 0 Å². The van der Waals surface area contributed by atoms with Gasteiger partial charge in [-0.25, -0.2) is 10.0 Å². The van der Waals surface area contributed by atoms with E-state index in [4.69, 9.17) is 5.11 Å². The number of amidine groups is 1. The average molecular weight is 157 g/mol. The standard InChI is InChI=1S/C5H7N3OS/c9-4-1-2-8-5(7-4)10-3-6-8/h3-4,9H,1-2H2. The average Bonchev–Trinajstić information content (AvgIpc) is 2.33. The van der Waals surface area contributed by atoms with E-state index < -0.39 is 6.23 Å². The summed E-state index contributed by atoms with van der Waals surface area (Å²) in [6.07, 6.45) is 0.168. The van der Waals surface area contributed by atoms with Gasteiger partial charge >= 0.3 is 0 Å². The summed E-state index contributed by atoms with van der Waals surface area (Å²) in [5.74, 6) is 0. The van der Waals surface area contributed by atoms with Crippen molar-refractivity contribution in [3.63, 3.8) is 0 Å². The van der Waals surface area contributed by atoms with Gasteiger partial charge in [-0.1, -0.05) is 0 Å². The topological polar surface area (TPSA) is 48.2 Å². The van der Waals surface area contributed by atoms with Gasteiger partial charge in [-0.3, -0.25) is 0 Å². The summed E-state index contributed by atoms with van der Waals surface area (Å²) in [6.45, 7) is 0.781. The summed E-state index contributed by atoms with van der Waals surface area (Å²) < 4.78 is 0. The number of aliphatic hydroxyl groups is 1. The van der Waals surface area contributed by atoms with Crippen LogP contribution in [0.15, 0.2) is 10.1 Å². The van der Waals surface area contributed by atoms with Crippen molar-refractivity contribution in [2.75, 3.05) is 6.54 Å². The molecule has 0 spiro atoms. The molecule has 0 aliphatic carbocycles. The van der Waals surface area contributed by atoms with E-state index in [-0.39, 0.29) is 0 Å². The van der Waals surface area contributed by atoms with Crippen LogP contribution in [0.1, 0.15) is 6.42 Å². The molecule has 1 atom stereocenters. The molecule has 0 aromatic rings. The Labute approximate surface area is 62.6 Å². The predicted molar refractivity (Wildman–Crippen MR) is 40.8 cm³/mol. The van der Waals surface area contributed by atoms with Crippen molar-refractivity contribution >= 4 is 22.5 Å². The fourth-order valence-electron chi connectivity index (χ4n) is 0.918. The van der Waals surface area contributed by atoms with E-state index in [1.807, 2.05) is 0 Å². The minimum atomic E-state index is -0.513. The number of aliphatic imine (C=N–C) groups is 1. The molecule has 2 rings (SSSR count). The molecule has 54 valence electrons.